The average molecular weight is 327 g/mol. The number of fused-ring (bicyclic) bond motifs is 1. The Morgan fingerprint density at radius 1 is 1.30 bits per heavy atom. The molecule has 23 heavy (non-hydrogen) atoms. The highest BCUT2D eigenvalue weighted by Crippen LogP contribution is 2.14. The van der Waals surface area contributed by atoms with Crippen LogP contribution in [-0.2, 0) is 23.9 Å². The third-order valence-corrected chi connectivity index (χ3v) is 2.65. The highest BCUT2D eigenvalue weighted by Gasteiger charge is 2.37. The van der Waals surface area contributed by atoms with Crippen molar-refractivity contribution in [3.05, 3.63) is 0 Å². The summed E-state index contributed by atoms with van der Waals surface area (Å²) in [5.74, 6) is -1.08. The molecule has 2 rings (SSSR count). The van der Waals surface area contributed by atoms with Crippen LogP contribution >= 0.6 is 0 Å². The predicted molar refractivity (Wildman–Crippen MR) is 78.9 cm³/mol. The molecule has 0 aromatic rings. The van der Waals surface area contributed by atoms with Crippen LogP contribution in [0.15, 0.2) is 15.0 Å². The molecule has 2 heterocycles. The van der Waals surface area contributed by atoms with Crippen LogP contribution in [-0.4, -0.2) is 72.3 Å². The van der Waals surface area contributed by atoms with Crippen molar-refractivity contribution in [3.8, 4) is 0 Å². The number of nitrogens with zero attached hydrogens (tertiary/aromatic N) is 4. The van der Waals surface area contributed by atoms with Crippen LogP contribution < -0.4 is 5.32 Å². The lowest BCUT2D eigenvalue weighted by atomic mass is 10.2. The quantitative estimate of drug-likeness (QED) is 0.448. The Hall–Kier alpha value is -2.66. The fourth-order valence-electron chi connectivity index (χ4n) is 1.80. The van der Waals surface area contributed by atoms with Gasteiger partial charge in [-0.15, -0.1) is 0 Å². The molecular weight excluding hydrogens is 310 g/mol. The monoisotopic (exact) mass is 327 g/mol. The van der Waals surface area contributed by atoms with Gasteiger partial charge in [0.1, 0.15) is 13.3 Å². The molecular formula is C12H17N5O6. The van der Waals surface area contributed by atoms with Crippen LogP contribution in [0.5, 0.6) is 0 Å². The Kier molecular flexibility index (Phi) is 6.48. The third-order valence-electron chi connectivity index (χ3n) is 2.65. The Bertz CT molecular complexity index is 584. The minimum absolute atomic E-state index is 0. The molecule has 0 saturated carbocycles. The summed E-state index contributed by atoms with van der Waals surface area (Å²) < 4.78 is 10.0. The first-order valence-corrected chi connectivity index (χ1v) is 6.47. The molecule has 0 aromatic heterocycles. The zero-order valence-corrected chi connectivity index (χ0v) is 12.6. The number of aliphatic imine (C=N–C) groups is 3. The van der Waals surface area contributed by atoms with Crippen LogP contribution in [0.3, 0.4) is 0 Å². The predicted octanol–water partition coefficient (Wildman–Crippen LogP) is -2.16. The number of carbonyl (C=O) groups is 3. The Balaban J connectivity index is 0.00000264. The van der Waals surface area contributed by atoms with Crippen molar-refractivity contribution in [3.63, 3.8) is 0 Å². The van der Waals surface area contributed by atoms with E-state index >= 15 is 0 Å². The van der Waals surface area contributed by atoms with Crippen LogP contribution in [0.4, 0.5) is 0 Å². The number of ether oxygens (including phenoxy) is 2. The third kappa shape index (κ3) is 4.93. The van der Waals surface area contributed by atoms with Crippen LogP contribution in [0, 0.1) is 0 Å². The molecule has 0 spiro atoms. The second-order valence-corrected chi connectivity index (χ2v) is 4.46. The molecule has 1 unspecified atom stereocenters. The van der Waals surface area contributed by atoms with Gasteiger partial charge in [-0.1, -0.05) is 0 Å². The van der Waals surface area contributed by atoms with Gasteiger partial charge in [-0.25, -0.2) is 4.99 Å². The summed E-state index contributed by atoms with van der Waals surface area (Å²) >= 11 is 0. The molecule has 126 valence electrons. The van der Waals surface area contributed by atoms with Crippen molar-refractivity contribution in [2.75, 3.05) is 19.9 Å². The van der Waals surface area contributed by atoms with Crippen molar-refractivity contribution in [2.45, 2.75) is 19.9 Å². The van der Waals surface area contributed by atoms with Gasteiger partial charge in [0, 0.05) is 13.8 Å². The molecule has 3 N–H and O–H groups in total. The second-order valence-electron chi connectivity index (χ2n) is 4.46. The minimum Gasteiger partial charge on any atom is -0.463 e. The van der Waals surface area contributed by atoms with E-state index in [-0.39, 0.29) is 49.1 Å². The number of carbonyl (C=O) groups excluding carboxylic acids is 3. The van der Waals surface area contributed by atoms with Crippen molar-refractivity contribution >= 4 is 35.9 Å². The highest BCUT2D eigenvalue weighted by molar-refractivity contribution is 6.22. The fourth-order valence-corrected chi connectivity index (χ4v) is 1.80. The van der Waals surface area contributed by atoms with E-state index in [0.29, 0.717) is 0 Å². The summed E-state index contributed by atoms with van der Waals surface area (Å²) in [5, 5.41) is 2.34. The number of nitrogens with one attached hydrogen (secondary N) is 1. The van der Waals surface area contributed by atoms with E-state index in [4.69, 9.17) is 9.47 Å². The number of esters is 1. The van der Waals surface area contributed by atoms with Gasteiger partial charge in [-0.05, 0) is 0 Å². The fraction of sp³-hybridized carbons (Fsp3) is 0.500. The molecule has 11 heteroatoms. The van der Waals surface area contributed by atoms with Gasteiger partial charge in [0.15, 0.2) is 11.9 Å². The lowest BCUT2D eigenvalue weighted by Crippen LogP contribution is -2.45. The molecule has 2 amide bonds. The van der Waals surface area contributed by atoms with Crippen LogP contribution in [0.1, 0.15) is 13.8 Å². The maximum atomic E-state index is 12.0. The first-order chi connectivity index (χ1) is 10.5. The van der Waals surface area contributed by atoms with Gasteiger partial charge >= 0.3 is 5.97 Å². The molecule has 2 aliphatic rings. The average Bonchev–Trinajstić information content (AvgIpc) is 2.80. The number of amides is 2. The molecule has 0 fully saturated rings. The summed E-state index contributed by atoms with van der Waals surface area (Å²) in [4.78, 5) is 46.7. The summed E-state index contributed by atoms with van der Waals surface area (Å²) in [7, 11) is 0. The summed E-state index contributed by atoms with van der Waals surface area (Å²) in [5.41, 5.74) is 0. The highest BCUT2D eigenvalue weighted by atomic mass is 16.6. The van der Waals surface area contributed by atoms with Gasteiger partial charge in [0.05, 0.1) is 12.9 Å². The normalized spacial score (nSPS) is 18.6. The molecule has 2 aliphatic heterocycles. The van der Waals surface area contributed by atoms with Crippen LogP contribution in [0.25, 0.3) is 0 Å². The van der Waals surface area contributed by atoms with E-state index in [1.54, 1.807) is 0 Å². The first-order valence-electron chi connectivity index (χ1n) is 6.47. The Morgan fingerprint density at radius 2 is 2.04 bits per heavy atom. The SMILES string of the molecule is CC(=O)NC1=NC(=O)C2C(=N1)N=CN2COCCOC(C)=O.O. The van der Waals surface area contributed by atoms with Gasteiger partial charge in [0.2, 0.25) is 11.9 Å². The van der Waals surface area contributed by atoms with Crippen molar-refractivity contribution < 1.29 is 29.3 Å². The number of amidine groups is 1. The number of hydrogen-bond acceptors (Lipinski definition) is 8. The molecule has 0 saturated heterocycles. The lowest BCUT2D eigenvalue weighted by molar-refractivity contribution is -0.142. The van der Waals surface area contributed by atoms with E-state index in [1.165, 1.54) is 25.1 Å². The number of rotatable bonds is 5. The van der Waals surface area contributed by atoms with E-state index in [1.807, 2.05) is 0 Å². The van der Waals surface area contributed by atoms with E-state index < -0.39 is 11.9 Å². The first kappa shape index (κ1) is 18.4. The topological polar surface area (TPSA) is 154 Å². The van der Waals surface area contributed by atoms with Crippen molar-refractivity contribution in [1.82, 2.24) is 10.2 Å². The number of hydrogen-bond donors (Lipinski definition) is 1. The van der Waals surface area contributed by atoms with Gasteiger partial charge in [-0.2, -0.15) is 9.98 Å². The Labute approximate surface area is 131 Å². The molecule has 11 nitrogen and oxygen atoms in total. The second kappa shape index (κ2) is 8.10. The zero-order chi connectivity index (χ0) is 16.1. The van der Waals surface area contributed by atoms with Crippen molar-refractivity contribution in [1.29, 1.82) is 0 Å². The smallest absolute Gasteiger partial charge is 0.302 e. The minimum atomic E-state index is -0.758. The Morgan fingerprint density at radius 3 is 2.70 bits per heavy atom. The molecule has 0 radical (unpaired) electrons. The maximum Gasteiger partial charge on any atom is 0.302 e. The summed E-state index contributed by atoms with van der Waals surface area (Å²) in [6.07, 6.45) is 1.42. The molecule has 1 atom stereocenters. The van der Waals surface area contributed by atoms with Gasteiger partial charge < -0.3 is 19.8 Å². The molecule has 0 aliphatic carbocycles. The molecule has 0 aromatic carbocycles. The van der Waals surface area contributed by atoms with E-state index in [0.717, 1.165) is 0 Å². The van der Waals surface area contributed by atoms with E-state index in [9.17, 15) is 14.4 Å². The standard InChI is InChI=1S/C12H15N5O5.H2O/c1-7(18)14-12-15-10-9(11(20)16-12)17(5-13-10)6-21-3-4-22-8(2)19;/h5,9H,3-4,6H2,1-2H3,(H,14,16,18,20);1H2. The van der Waals surface area contributed by atoms with Crippen LogP contribution in [0.2, 0.25) is 0 Å². The maximum absolute atomic E-state index is 12.0. The van der Waals surface area contributed by atoms with Gasteiger partial charge in [-0.3, -0.25) is 19.7 Å². The van der Waals surface area contributed by atoms with Crippen molar-refractivity contribution in [2.24, 2.45) is 15.0 Å². The van der Waals surface area contributed by atoms with Gasteiger partial charge in [0.25, 0.3) is 5.91 Å². The zero-order valence-electron chi connectivity index (χ0n) is 12.6. The lowest BCUT2D eigenvalue weighted by Gasteiger charge is -2.23. The summed E-state index contributed by atoms with van der Waals surface area (Å²) in [6.45, 7) is 3.00. The number of guanidine groups is 1. The largest absolute Gasteiger partial charge is 0.463 e. The molecule has 0 bridgehead atoms. The summed E-state index contributed by atoms with van der Waals surface area (Å²) in [6, 6.07) is -0.758. The van der Waals surface area contributed by atoms with E-state index in [2.05, 4.69) is 20.3 Å².